The third-order valence-corrected chi connectivity index (χ3v) is 2.40. The summed E-state index contributed by atoms with van der Waals surface area (Å²) in [6.07, 6.45) is 1.37. The van der Waals surface area contributed by atoms with E-state index < -0.39 is 15.6 Å². The van der Waals surface area contributed by atoms with Crippen LogP contribution in [0.4, 0.5) is 0 Å². The maximum atomic E-state index is 11.1. The Morgan fingerprint density at radius 2 is 1.85 bits per heavy atom. The van der Waals surface area contributed by atoms with Crippen LogP contribution in [0.1, 0.15) is 20.8 Å². The van der Waals surface area contributed by atoms with E-state index in [1.807, 2.05) is 0 Å². The molecule has 0 aromatic rings. The van der Waals surface area contributed by atoms with Gasteiger partial charge in [0.1, 0.15) is 0 Å². The molecule has 6 heteroatoms. The standard InChI is InChI=1S/C7H15NO2S.ClH2N/c1-5-6-11(9,10)8-7(2,3)4;1-2/h5,8H,1,6H2,2-4H3;2H2. The first-order valence-electron chi connectivity index (χ1n) is 3.61. The van der Waals surface area contributed by atoms with Crippen LogP contribution in [0.2, 0.25) is 0 Å². The Morgan fingerprint density at radius 1 is 1.46 bits per heavy atom. The van der Waals surface area contributed by atoms with Crippen molar-refractivity contribution in [3.05, 3.63) is 12.7 Å². The fourth-order valence-corrected chi connectivity index (χ4v) is 1.99. The summed E-state index contributed by atoms with van der Waals surface area (Å²) in [6.45, 7) is 8.75. The minimum atomic E-state index is -3.16. The normalized spacial score (nSPS) is 11.5. The van der Waals surface area contributed by atoms with Crippen LogP contribution in [0.15, 0.2) is 12.7 Å². The second-order valence-electron chi connectivity index (χ2n) is 3.42. The number of halogens is 1. The van der Waals surface area contributed by atoms with E-state index in [0.717, 1.165) is 0 Å². The van der Waals surface area contributed by atoms with Crippen molar-refractivity contribution in [3.63, 3.8) is 0 Å². The molecule has 0 aromatic heterocycles. The molecule has 4 nitrogen and oxygen atoms in total. The van der Waals surface area contributed by atoms with Gasteiger partial charge in [0.2, 0.25) is 10.0 Å². The predicted octanol–water partition coefficient (Wildman–Crippen LogP) is 0.989. The fraction of sp³-hybridized carbons (Fsp3) is 0.714. The van der Waals surface area contributed by atoms with Crippen LogP contribution in [0.3, 0.4) is 0 Å². The molecule has 0 unspecified atom stereocenters. The van der Waals surface area contributed by atoms with Gasteiger partial charge in [-0.1, -0.05) is 6.08 Å². The molecule has 0 heterocycles. The first kappa shape index (κ1) is 15.4. The molecule has 0 bridgehead atoms. The van der Waals surface area contributed by atoms with E-state index in [9.17, 15) is 8.42 Å². The smallest absolute Gasteiger partial charge is 0.215 e. The average molecular weight is 229 g/mol. The molecule has 0 aromatic carbocycles. The second kappa shape index (κ2) is 6.37. The van der Waals surface area contributed by atoms with Crippen molar-refractivity contribution in [2.45, 2.75) is 26.3 Å². The van der Waals surface area contributed by atoms with Gasteiger partial charge in [-0.15, -0.1) is 6.58 Å². The van der Waals surface area contributed by atoms with Gasteiger partial charge >= 0.3 is 0 Å². The molecule has 0 fully saturated rings. The molecule has 0 saturated carbocycles. The van der Waals surface area contributed by atoms with Gasteiger partial charge in [-0.25, -0.2) is 18.4 Å². The van der Waals surface area contributed by atoms with Crippen molar-refractivity contribution < 1.29 is 8.42 Å². The molecule has 0 aliphatic carbocycles. The summed E-state index contributed by atoms with van der Waals surface area (Å²) in [5.74, 6) is -0.0235. The third kappa shape index (κ3) is 11.9. The Kier molecular flexibility index (Phi) is 7.53. The quantitative estimate of drug-likeness (QED) is 0.559. The average Bonchev–Trinajstić information content (AvgIpc) is 1.85. The maximum absolute atomic E-state index is 11.1. The van der Waals surface area contributed by atoms with Crippen LogP contribution in [0, 0.1) is 0 Å². The highest BCUT2D eigenvalue weighted by Gasteiger charge is 2.17. The number of rotatable bonds is 3. The molecule has 80 valence electrons. The van der Waals surface area contributed by atoms with Gasteiger partial charge in [0.25, 0.3) is 0 Å². The topological polar surface area (TPSA) is 72.2 Å². The predicted molar refractivity (Wildman–Crippen MR) is 56.9 cm³/mol. The van der Waals surface area contributed by atoms with Gasteiger partial charge in [0, 0.05) is 5.54 Å². The van der Waals surface area contributed by atoms with Crippen molar-refractivity contribution in [2.24, 2.45) is 5.25 Å². The summed E-state index contributed by atoms with van der Waals surface area (Å²) in [4.78, 5) is 0. The number of hydrogen-bond donors (Lipinski definition) is 2. The van der Waals surface area contributed by atoms with Crippen LogP contribution in [-0.2, 0) is 10.0 Å². The maximum Gasteiger partial charge on any atom is 0.215 e. The third-order valence-electron chi connectivity index (χ3n) is 0.799. The zero-order valence-electron chi connectivity index (χ0n) is 8.17. The zero-order valence-corrected chi connectivity index (χ0v) is 9.74. The van der Waals surface area contributed by atoms with E-state index in [4.69, 9.17) is 0 Å². The van der Waals surface area contributed by atoms with Crippen LogP contribution in [-0.4, -0.2) is 19.7 Å². The fourth-order valence-electron chi connectivity index (χ4n) is 0.663. The van der Waals surface area contributed by atoms with Crippen molar-refractivity contribution in [3.8, 4) is 0 Å². The molecule has 13 heavy (non-hydrogen) atoms. The summed E-state index contributed by atoms with van der Waals surface area (Å²) in [5.41, 5.74) is -0.401. The van der Waals surface area contributed by atoms with E-state index in [0.29, 0.717) is 0 Å². The van der Waals surface area contributed by atoms with E-state index in [1.54, 1.807) is 20.8 Å². The van der Waals surface area contributed by atoms with Crippen molar-refractivity contribution in [2.75, 3.05) is 5.75 Å². The summed E-state index contributed by atoms with van der Waals surface area (Å²) in [7, 11) is -3.16. The van der Waals surface area contributed by atoms with Crippen molar-refractivity contribution in [1.29, 1.82) is 0 Å². The molecular weight excluding hydrogens is 212 g/mol. The van der Waals surface area contributed by atoms with Gasteiger partial charge in [0.15, 0.2) is 0 Å². The summed E-state index contributed by atoms with van der Waals surface area (Å²) in [6, 6.07) is 0. The van der Waals surface area contributed by atoms with Crippen LogP contribution < -0.4 is 9.97 Å². The SMILES string of the molecule is C=CCS(=O)(=O)NC(C)(C)C.NCl. The van der Waals surface area contributed by atoms with Gasteiger partial charge in [-0.05, 0) is 32.5 Å². The molecule has 0 aliphatic heterocycles. The van der Waals surface area contributed by atoms with Crippen molar-refractivity contribution >= 4 is 21.8 Å². The van der Waals surface area contributed by atoms with E-state index in [2.05, 4.69) is 28.3 Å². The van der Waals surface area contributed by atoms with E-state index >= 15 is 0 Å². The Balaban J connectivity index is 0. The number of nitrogens with two attached hydrogens (primary N) is 1. The Bertz CT molecular complexity index is 231. The van der Waals surface area contributed by atoms with Crippen LogP contribution in [0.5, 0.6) is 0 Å². The lowest BCUT2D eigenvalue weighted by Gasteiger charge is -2.19. The summed E-state index contributed by atoms with van der Waals surface area (Å²) >= 11 is 4.14. The number of nitrogens with one attached hydrogen (secondary N) is 1. The van der Waals surface area contributed by atoms with Crippen LogP contribution >= 0.6 is 11.8 Å². The van der Waals surface area contributed by atoms with E-state index in [1.165, 1.54) is 6.08 Å². The lowest BCUT2D eigenvalue weighted by atomic mass is 10.1. The zero-order chi connectivity index (χ0) is 11.1. The van der Waals surface area contributed by atoms with E-state index in [-0.39, 0.29) is 5.75 Å². The highest BCUT2D eigenvalue weighted by molar-refractivity contribution is 7.89. The minimum Gasteiger partial charge on any atom is -0.247 e. The summed E-state index contributed by atoms with van der Waals surface area (Å²) in [5, 5.41) is 3.97. The van der Waals surface area contributed by atoms with Gasteiger partial charge in [-0.3, -0.25) is 0 Å². The molecule has 0 rings (SSSR count). The molecule has 0 aliphatic rings. The Morgan fingerprint density at radius 3 is 2.08 bits per heavy atom. The first-order chi connectivity index (χ1) is 5.77. The molecule has 0 atom stereocenters. The highest BCUT2D eigenvalue weighted by Crippen LogP contribution is 2.01. The molecular formula is C7H17ClN2O2S. The number of hydrogen-bond acceptors (Lipinski definition) is 3. The molecule has 3 N–H and O–H groups in total. The summed E-state index contributed by atoms with van der Waals surface area (Å²) < 4.78 is 24.6. The van der Waals surface area contributed by atoms with Gasteiger partial charge in [-0.2, -0.15) is 0 Å². The lowest BCUT2D eigenvalue weighted by Crippen LogP contribution is -2.41. The molecule has 0 saturated heterocycles. The van der Waals surface area contributed by atoms with Crippen molar-refractivity contribution in [1.82, 2.24) is 4.72 Å². The monoisotopic (exact) mass is 228 g/mol. The van der Waals surface area contributed by atoms with Crippen LogP contribution in [0.25, 0.3) is 0 Å². The highest BCUT2D eigenvalue weighted by atomic mass is 35.5. The lowest BCUT2D eigenvalue weighted by molar-refractivity contribution is 0.493. The molecule has 0 amide bonds. The minimum absolute atomic E-state index is 0.0235. The Hall–Kier alpha value is -0.100. The number of sulfonamides is 1. The second-order valence-corrected chi connectivity index (χ2v) is 5.19. The molecule has 0 spiro atoms. The van der Waals surface area contributed by atoms with Gasteiger partial charge in [0.05, 0.1) is 5.75 Å². The first-order valence-corrected chi connectivity index (χ1v) is 5.70. The largest absolute Gasteiger partial charge is 0.247 e. The molecule has 0 radical (unpaired) electrons. The Labute approximate surface area is 85.3 Å². The van der Waals surface area contributed by atoms with Gasteiger partial charge < -0.3 is 0 Å².